The maximum atomic E-state index is 11.9. The van der Waals surface area contributed by atoms with E-state index in [1.165, 1.54) is 0 Å². The summed E-state index contributed by atoms with van der Waals surface area (Å²) in [6.07, 6.45) is 7.82. The zero-order valence-electron chi connectivity index (χ0n) is 16.0. The van der Waals surface area contributed by atoms with E-state index in [4.69, 9.17) is 9.97 Å². The van der Waals surface area contributed by atoms with Gasteiger partial charge in [0.05, 0.1) is 18.3 Å². The second kappa shape index (κ2) is 7.72. The molecule has 4 heterocycles. The van der Waals surface area contributed by atoms with Crippen molar-refractivity contribution in [2.45, 2.75) is 32.9 Å². The van der Waals surface area contributed by atoms with E-state index in [2.05, 4.69) is 22.2 Å². The van der Waals surface area contributed by atoms with Crippen LogP contribution in [0.3, 0.4) is 0 Å². The minimum atomic E-state index is 0.0419. The van der Waals surface area contributed by atoms with Crippen LogP contribution in [0.5, 0.6) is 0 Å². The molecule has 0 saturated heterocycles. The Bertz CT molecular complexity index is 977. The molecule has 1 amide bonds. The first-order valence-electron chi connectivity index (χ1n) is 9.34. The van der Waals surface area contributed by atoms with Crippen LogP contribution in [-0.4, -0.2) is 37.3 Å². The number of amides is 1. The van der Waals surface area contributed by atoms with Gasteiger partial charge >= 0.3 is 0 Å². The van der Waals surface area contributed by atoms with Gasteiger partial charge in [-0.2, -0.15) is 0 Å². The molecule has 142 valence electrons. The summed E-state index contributed by atoms with van der Waals surface area (Å²) >= 11 is 0. The summed E-state index contributed by atoms with van der Waals surface area (Å²) in [5.41, 5.74) is 3.89. The van der Waals surface area contributed by atoms with Crippen LogP contribution in [0.1, 0.15) is 36.7 Å². The first kappa shape index (κ1) is 18.0. The molecule has 0 aromatic carbocycles. The Labute approximate surface area is 163 Å². The molecule has 0 fully saturated rings. The van der Waals surface area contributed by atoms with Gasteiger partial charge in [0.15, 0.2) is 5.82 Å². The topological polar surface area (TPSA) is 83.9 Å². The average molecular weight is 374 g/mol. The van der Waals surface area contributed by atoms with Crippen molar-refractivity contribution in [1.29, 1.82) is 0 Å². The van der Waals surface area contributed by atoms with Crippen molar-refractivity contribution in [3.05, 3.63) is 65.9 Å². The fraction of sp³-hybridized carbons (Fsp3) is 0.286. The molecular formula is C21H22N6O. The smallest absolute Gasteiger partial charge is 0.219 e. The molecule has 0 saturated carbocycles. The molecule has 1 aliphatic heterocycles. The lowest BCUT2D eigenvalue weighted by Crippen LogP contribution is -2.35. The molecule has 1 aliphatic rings. The van der Waals surface area contributed by atoms with Crippen LogP contribution in [0.2, 0.25) is 0 Å². The number of rotatable bonds is 4. The lowest BCUT2D eigenvalue weighted by Gasteiger charge is -2.29. The van der Waals surface area contributed by atoms with Gasteiger partial charge < -0.3 is 10.2 Å². The minimum absolute atomic E-state index is 0.0419. The maximum absolute atomic E-state index is 11.9. The zero-order chi connectivity index (χ0) is 19.5. The number of carbonyl (C=O) groups is 1. The number of hydrogen-bond acceptors (Lipinski definition) is 6. The summed E-state index contributed by atoms with van der Waals surface area (Å²) in [5.74, 6) is 1.48. The summed E-state index contributed by atoms with van der Waals surface area (Å²) in [4.78, 5) is 31.6. The van der Waals surface area contributed by atoms with E-state index in [-0.39, 0.29) is 11.9 Å². The molecule has 3 aromatic rings. The van der Waals surface area contributed by atoms with Crippen LogP contribution in [0.4, 0.5) is 5.82 Å². The predicted octanol–water partition coefficient (Wildman–Crippen LogP) is 3.01. The molecule has 28 heavy (non-hydrogen) atoms. The van der Waals surface area contributed by atoms with E-state index in [0.717, 1.165) is 34.6 Å². The van der Waals surface area contributed by atoms with E-state index in [1.807, 2.05) is 35.4 Å². The van der Waals surface area contributed by atoms with Crippen molar-refractivity contribution in [2.75, 3.05) is 11.9 Å². The van der Waals surface area contributed by atoms with Crippen molar-refractivity contribution in [3.63, 3.8) is 0 Å². The third kappa shape index (κ3) is 3.69. The number of nitrogens with one attached hydrogen (secondary N) is 1. The quantitative estimate of drug-likeness (QED) is 0.756. The fourth-order valence-electron chi connectivity index (χ4n) is 3.36. The van der Waals surface area contributed by atoms with Gasteiger partial charge in [-0.3, -0.25) is 14.8 Å². The summed E-state index contributed by atoms with van der Waals surface area (Å²) in [7, 11) is 0. The fourth-order valence-corrected chi connectivity index (χ4v) is 3.36. The minimum Gasteiger partial charge on any atom is -0.363 e. The Kier molecular flexibility index (Phi) is 4.97. The van der Waals surface area contributed by atoms with Crippen molar-refractivity contribution in [1.82, 2.24) is 24.8 Å². The third-order valence-corrected chi connectivity index (χ3v) is 4.97. The normalized spacial score (nSPS) is 14.3. The van der Waals surface area contributed by atoms with E-state index < -0.39 is 0 Å². The number of nitrogens with zero attached hydrogens (tertiary/aromatic N) is 5. The van der Waals surface area contributed by atoms with Crippen molar-refractivity contribution in [2.24, 2.45) is 0 Å². The molecule has 7 nitrogen and oxygen atoms in total. The lowest BCUT2D eigenvalue weighted by atomic mass is 10.0. The van der Waals surface area contributed by atoms with E-state index in [1.54, 1.807) is 25.5 Å². The molecule has 0 bridgehead atoms. The predicted molar refractivity (Wildman–Crippen MR) is 106 cm³/mol. The first-order valence-corrected chi connectivity index (χ1v) is 9.34. The highest BCUT2D eigenvalue weighted by Crippen LogP contribution is 2.29. The lowest BCUT2D eigenvalue weighted by molar-refractivity contribution is -0.129. The summed E-state index contributed by atoms with van der Waals surface area (Å²) in [6.45, 7) is 4.85. The van der Waals surface area contributed by atoms with Gasteiger partial charge in [-0.05, 0) is 37.1 Å². The van der Waals surface area contributed by atoms with E-state index in [9.17, 15) is 4.79 Å². The van der Waals surface area contributed by atoms with Crippen LogP contribution < -0.4 is 5.32 Å². The Balaban J connectivity index is 1.74. The number of hydrogen-bond donors (Lipinski definition) is 1. The average Bonchev–Trinajstić information content (AvgIpc) is 2.74. The molecule has 0 radical (unpaired) electrons. The van der Waals surface area contributed by atoms with Gasteiger partial charge in [-0.15, -0.1) is 0 Å². The highest BCUT2D eigenvalue weighted by molar-refractivity contribution is 5.74. The number of fused-ring (bicyclic) bond motifs is 1. The highest BCUT2D eigenvalue weighted by Gasteiger charge is 2.25. The Morgan fingerprint density at radius 2 is 1.93 bits per heavy atom. The standard InChI is InChI=1S/C21H22N6O/c1-14(16-5-3-8-22-11-16)24-21-18-7-10-27(15(2)28)13-19(18)25-20(26-21)17-6-4-9-23-12-17/h3-6,8-9,11-12,14H,7,10,13H2,1-2H3,(H,24,25,26)/t14-/m1/s1. The Hall–Kier alpha value is -3.35. The van der Waals surface area contributed by atoms with Crippen molar-refractivity contribution < 1.29 is 4.79 Å². The third-order valence-electron chi connectivity index (χ3n) is 4.97. The molecule has 4 rings (SSSR count). The van der Waals surface area contributed by atoms with Gasteiger partial charge in [0.25, 0.3) is 0 Å². The first-order chi connectivity index (χ1) is 13.6. The molecule has 0 aliphatic carbocycles. The van der Waals surface area contributed by atoms with Gasteiger partial charge in [0.2, 0.25) is 5.91 Å². The molecular weight excluding hydrogens is 352 g/mol. The monoisotopic (exact) mass is 374 g/mol. The van der Waals surface area contributed by atoms with Gasteiger partial charge in [0, 0.05) is 49.4 Å². The SMILES string of the molecule is CC(=O)N1CCc2c(nc(-c3cccnc3)nc2N[C@H](C)c2cccnc2)C1. The maximum Gasteiger partial charge on any atom is 0.219 e. The number of aromatic nitrogens is 4. The largest absolute Gasteiger partial charge is 0.363 e. The molecule has 0 spiro atoms. The Morgan fingerprint density at radius 3 is 2.61 bits per heavy atom. The highest BCUT2D eigenvalue weighted by atomic mass is 16.2. The summed E-state index contributed by atoms with van der Waals surface area (Å²) in [5, 5.41) is 3.53. The van der Waals surface area contributed by atoms with Crippen molar-refractivity contribution >= 4 is 11.7 Å². The number of pyridine rings is 2. The molecule has 3 aromatic heterocycles. The molecule has 7 heteroatoms. The molecule has 1 atom stereocenters. The van der Waals surface area contributed by atoms with Crippen LogP contribution in [0.25, 0.3) is 11.4 Å². The molecule has 0 unspecified atom stereocenters. The number of anilines is 1. The Morgan fingerprint density at radius 1 is 1.14 bits per heavy atom. The number of carbonyl (C=O) groups excluding carboxylic acids is 1. The van der Waals surface area contributed by atoms with Crippen LogP contribution >= 0.6 is 0 Å². The second-order valence-electron chi connectivity index (χ2n) is 6.91. The molecule has 1 N–H and O–H groups in total. The van der Waals surface area contributed by atoms with Crippen molar-refractivity contribution in [3.8, 4) is 11.4 Å². The van der Waals surface area contributed by atoms with Gasteiger partial charge in [0.1, 0.15) is 5.82 Å². The van der Waals surface area contributed by atoms with Gasteiger partial charge in [-0.1, -0.05) is 6.07 Å². The van der Waals surface area contributed by atoms with Crippen LogP contribution in [0.15, 0.2) is 49.1 Å². The summed E-state index contributed by atoms with van der Waals surface area (Å²) < 4.78 is 0. The van der Waals surface area contributed by atoms with E-state index in [0.29, 0.717) is 18.9 Å². The van der Waals surface area contributed by atoms with Crippen LogP contribution in [0, 0.1) is 0 Å². The summed E-state index contributed by atoms with van der Waals surface area (Å²) in [6, 6.07) is 7.81. The second-order valence-corrected chi connectivity index (χ2v) is 6.91. The zero-order valence-corrected chi connectivity index (χ0v) is 16.0. The van der Waals surface area contributed by atoms with E-state index >= 15 is 0 Å². The van der Waals surface area contributed by atoms with Crippen LogP contribution in [-0.2, 0) is 17.8 Å². The van der Waals surface area contributed by atoms with Gasteiger partial charge in [-0.25, -0.2) is 9.97 Å².